The third kappa shape index (κ3) is 6.20. The summed E-state index contributed by atoms with van der Waals surface area (Å²) >= 11 is 0. The van der Waals surface area contributed by atoms with Crippen LogP contribution in [0.5, 0.6) is 5.75 Å². The average Bonchev–Trinajstić information content (AvgIpc) is 3.36. The Morgan fingerprint density at radius 3 is 2.76 bits per heavy atom. The number of nitrogens with two attached hydrogens (primary N) is 1. The van der Waals surface area contributed by atoms with Crippen molar-refractivity contribution in [3.8, 4) is 16.9 Å². The number of aliphatic hydroxyl groups is 1. The van der Waals surface area contributed by atoms with Gasteiger partial charge in [0.05, 0.1) is 20.3 Å². The number of nitrogens with zero attached hydrogens (tertiary/aromatic N) is 1. The lowest BCUT2D eigenvalue weighted by molar-refractivity contribution is -0.167. The van der Waals surface area contributed by atoms with E-state index in [4.69, 9.17) is 19.9 Å². The minimum absolute atomic E-state index is 0.0553. The van der Waals surface area contributed by atoms with Gasteiger partial charge in [0.25, 0.3) is 0 Å². The zero-order chi connectivity index (χ0) is 27.3. The Morgan fingerprint density at radius 2 is 2.05 bits per heavy atom. The molecule has 7 nitrogen and oxygen atoms in total. The van der Waals surface area contributed by atoms with Crippen LogP contribution in [-0.2, 0) is 19.9 Å². The van der Waals surface area contributed by atoms with E-state index in [0.717, 1.165) is 24.8 Å². The Balaban J connectivity index is 1.72. The van der Waals surface area contributed by atoms with Gasteiger partial charge in [0, 0.05) is 37.8 Å². The van der Waals surface area contributed by atoms with Gasteiger partial charge in [-0.3, -0.25) is 4.79 Å². The Morgan fingerprint density at radius 1 is 1.24 bits per heavy atom. The van der Waals surface area contributed by atoms with Gasteiger partial charge in [-0.2, -0.15) is 0 Å². The van der Waals surface area contributed by atoms with E-state index in [1.165, 1.54) is 6.07 Å². The summed E-state index contributed by atoms with van der Waals surface area (Å²) < 4.78 is 32.4. The van der Waals surface area contributed by atoms with Gasteiger partial charge in [-0.25, -0.2) is 4.39 Å². The second-order valence-electron chi connectivity index (χ2n) is 10.7. The van der Waals surface area contributed by atoms with Gasteiger partial charge in [0.1, 0.15) is 23.3 Å². The van der Waals surface area contributed by atoms with Gasteiger partial charge < -0.3 is 30.0 Å². The van der Waals surface area contributed by atoms with Crippen molar-refractivity contribution in [2.24, 2.45) is 11.7 Å². The highest BCUT2D eigenvalue weighted by molar-refractivity contribution is 5.79. The SMILES string of the molecule is COCCCC[C@@](O)(c1cccc(F)c1-c1cc(C)cc(OC)c1)C1CN(C(=O)[C@@H]2CC[C@H](N)C2)CCO1. The van der Waals surface area contributed by atoms with Crippen molar-refractivity contribution >= 4 is 5.91 Å². The molecule has 2 fully saturated rings. The predicted octanol–water partition coefficient (Wildman–Crippen LogP) is 4.17. The van der Waals surface area contributed by atoms with E-state index in [0.29, 0.717) is 61.5 Å². The second kappa shape index (κ2) is 12.6. The number of ether oxygens (including phenoxy) is 3. The molecule has 8 heteroatoms. The third-order valence-electron chi connectivity index (χ3n) is 7.94. The molecule has 3 N–H and O–H groups in total. The van der Waals surface area contributed by atoms with Crippen LogP contribution >= 0.6 is 0 Å². The zero-order valence-electron chi connectivity index (χ0n) is 22.7. The van der Waals surface area contributed by atoms with Gasteiger partial charge >= 0.3 is 0 Å². The summed E-state index contributed by atoms with van der Waals surface area (Å²) in [5, 5.41) is 12.5. The van der Waals surface area contributed by atoms with Crippen LogP contribution < -0.4 is 10.5 Å². The largest absolute Gasteiger partial charge is 0.497 e. The molecule has 1 saturated heterocycles. The van der Waals surface area contributed by atoms with Crippen LogP contribution in [0.15, 0.2) is 36.4 Å². The maximum Gasteiger partial charge on any atom is 0.225 e. The molecule has 4 atom stereocenters. The van der Waals surface area contributed by atoms with Crippen molar-refractivity contribution in [1.29, 1.82) is 0 Å². The van der Waals surface area contributed by atoms with Gasteiger partial charge in [-0.05, 0) is 80.3 Å². The van der Waals surface area contributed by atoms with Crippen molar-refractivity contribution in [1.82, 2.24) is 4.90 Å². The average molecular weight is 529 g/mol. The first-order chi connectivity index (χ1) is 18.3. The maximum atomic E-state index is 15.6. The number of amides is 1. The lowest BCUT2D eigenvalue weighted by atomic mass is 9.78. The summed E-state index contributed by atoms with van der Waals surface area (Å²) in [6, 6.07) is 10.4. The molecule has 0 radical (unpaired) electrons. The molecule has 2 aromatic rings. The quantitative estimate of drug-likeness (QED) is 0.450. The fourth-order valence-corrected chi connectivity index (χ4v) is 5.94. The number of morpholine rings is 1. The molecule has 1 aliphatic carbocycles. The minimum Gasteiger partial charge on any atom is -0.497 e. The second-order valence-corrected chi connectivity index (χ2v) is 10.7. The van der Waals surface area contributed by atoms with E-state index in [2.05, 4.69) is 0 Å². The third-order valence-corrected chi connectivity index (χ3v) is 7.94. The Bertz CT molecular complexity index is 1110. The van der Waals surface area contributed by atoms with E-state index in [1.54, 1.807) is 37.3 Å². The number of aryl methyl sites for hydroxylation is 1. The van der Waals surface area contributed by atoms with Crippen LogP contribution in [0.25, 0.3) is 11.1 Å². The van der Waals surface area contributed by atoms with E-state index < -0.39 is 17.5 Å². The van der Waals surface area contributed by atoms with E-state index in [-0.39, 0.29) is 24.4 Å². The smallest absolute Gasteiger partial charge is 0.225 e. The van der Waals surface area contributed by atoms with Crippen molar-refractivity contribution < 1.29 is 28.5 Å². The molecule has 1 unspecified atom stereocenters. The summed E-state index contributed by atoms with van der Waals surface area (Å²) in [4.78, 5) is 15.1. The normalized spacial score (nSPS) is 23.3. The van der Waals surface area contributed by atoms with Crippen molar-refractivity contribution in [3.63, 3.8) is 0 Å². The molecular weight excluding hydrogens is 487 g/mol. The Labute approximate surface area is 225 Å². The molecule has 1 saturated carbocycles. The molecule has 2 aromatic carbocycles. The summed E-state index contributed by atoms with van der Waals surface area (Å²) in [5.41, 5.74) is 6.84. The summed E-state index contributed by atoms with van der Waals surface area (Å²) in [6.45, 7) is 3.48. The van der Waals surface area contributed by atoms with Crippen LogP contribution in [-0.4, -0.2) is 68.6 Å². The molecule has 1 heterocycles. The molecule has 1 amide bonds. The number of benzene rings is 2. The molecule has 0 spiro atoms. The zero-order valence-corrected chi connectivity index (χ0v) is 22.7. The molecule has 1 aliphatic heterocycles. The standard InChI is InChI=1S/C30H41FN2O5/c1-20-15-22(18-24(16-20)37-3)28-25(7-6-8-26(28)31)30(35,11-4-5-13-36-2)27-19-33(12-14-38-27)29(34)21-9-10-23(32)17-21/h6-8,15-16,18,21,23,27,35H,4-5,9-14,17,19,32H2,1-3H3/t21-,23+,27?,30-/m1/s1. The molecule has 2 aliphatic rings. The lowest BCUT2D eigenvalue weighted by Gasteiger charge is -2.43. The highest BCUT2D eigenvalue weighted by atomic mass is 19.1. The van der Waals surface area contributed by atoms with Crippen LogP contribution in [0, 0.1) is 18.7 Å². The first-order valence-corrected chi connectivity index (χ1v) is 13.6. The van der Waals surface area contributed by atoms with Gasteiger partial charge in [-0.15, -0.1) is 0 Å². The fourth-order valence-electron chi connectivity index (χ4n) is 5.94. The van der Waals surface area contributed by atoms with Gasteiger partial charge in [-0.1, -0.05) is 18.2 Å². The number of unbranched alkanes of at least 4 members (excludes halogenated alkanes) is 1. The van der Waals surface area contributed by atoms with Crippen LogP contribution in [0.1, 0.15) is 49.7 Å². The van der Waals surface area contributed by atoms with Crippen molar-refractivity contribution in [3.05, 3.63) is 53.3 Å². The first kappa shape index (κ1) is 28.5. The maximum absolute atomic E-state index is 15.6. The molecule has 0 bridgehead atoms. The van der Waals surface area contributed by atoms with Crippen LogP contribution in [0.4, 0.5) is 4.39 Å². The van der Waals surface area contributed by atoms with Crippen molar-refractivity contribution in [2.75, 3.05) is 40.5 Å². The van der Waals surface area contributed by atoms with Crippen LogP contribution in [0.3, 0.4) is 0 Å². The monoisotopic (exact) mass is 528 g/mol. The summed E-state index contributed by atoms with van der Waals surface area (Å²) in [7, 11) is 3.22. The molecule has 0 aromatic heterocycles. The van der Waals surface area contributed by atoms with Crippen molar-refractivity contribution in [2.45, 2.75) is 63.2 Å². The van der Waals surface area contributed by atoms with E-state index in [9.17, 15) is 9.90 Å². The number of rotatable bonds is 10. The van der Waals surface area contributed by atoms with Gasteiger partial charge in [0.15, 0.2) is 0 Å². The molecule has 208 valence electrons. The first-order valence-electron chi connectivity index (χ1n) is 13.6. The topological polar surface area (TPSA) is 94.2 Å². The Kier molecular flexibility index (Phi) is 9.41. The molecular formula is C30H41FN2O5. The highest BCUT2D eigenvalue weighted by Crippen LogP contribution is 2.42. The van der Waals surface area contributed by atoms with E-state index in [1.807, 2.05) is 19.1 Å². The number of carbonyl (C=O) groups is 1. The highest BCUT2D eigenvalue weighted by Gasteiger charge is 2.45. The molecule has 4 rings (SSSR count). The fraction of sp³-hybridized carbons (Fsp3) is 0.567. The number of methoxy groups -OCH3 is 2. The Hall–Kier alpha value is -2.52. The number of hydrogen-bond acceptors (Lipinski definition) is 6. The summed E-state index contributed by atoms with van der Waals surface area (Å²) in [5.74, 6) is 0.145. The van der Waals surface area contributed by atoms with Gasteiger partial charge in [0.2, 0.25) is 5.91 Å². The molecule has 38 heavy (non-hydrogen) atoms. The minimum atomic E-state index is -1.53. The number of halogens is 1. The number of carbonyl (C=O) groups excluding carboxylic acids is 1. The van der Waals surface area contributed by atoms with Crippen LogP contribution in [0.2, 0.25) is 0 Å². The predicted molar refractivity (Wildman–Crippen MR) is 144 cm³/mol. The van der Waals surface area contributed by atoms with E-state index >= 15 is 4.39 Å². The summed E-state index contributed by atoms with van der Waals surface area (Å²) in [6.07, 6.45) is 3.30. The number of hydrogen-bond donors (Lipinski definition) is 2. The lowest BCUT2D eigenvalue weighted by Crippen LogP contribution is -2.55.